The van der Waals surface area contributed by atoms with Gasteiger partial charge < -0.3 is 10.8 Å². The van der Waals surface area contributed by atoms with Gasteiger partial charge in [-0.1, -0.05) is 0 Å². The SMILES string of the molecule is CCn1nc(C)c(C(O)C(C)N)c1C. The van der Waals surface area contributed by atoms with Gasteiger partial charge in [0, 0.05) is 23.8 Å². The molecule has 0 amide bonds. The van der Waals surface area contributed by atoms with Crippen LogP contribution in [0.1, 0.15) is 36.9 Å². The average molecular weight is 197 g/mol. The van der Waals surface area contributed by atoms with Gasteiger partial charge >= 0.3 is 0 Å². The molecule has 1 rings (SSSR count). The molecule has 0 spiro atoms. The number of aliphatic hydroxyl groups is 1. The van der Waals surface area contributed by atoms with Gasteiger partial charge in [0.1, 0.15) is 0 Å². The second-order valence-corrected chi connectivity index (χ2v) is 3.70. The highest BCUT2D eigenvalue weighted by Gasteiger charge is 2.21. The molecule has 0 aromatic carbocycles. The molecule has 0 radical (unpaired) electrons. The molecule has 0 bridgehead atoms. The Hall–Kier alpha value is -0.870. The fraction of sp³-hybridized carbons (Fsp3) is 0.700. The van der Waals surface area contributed by atoms with Crippen molar-refractivity contribution in [1.29, 1.82) is 0 Å². The summed E-state index contributed by atoms with van der Waals surface area (Å²) in [7, 11) is 0. The number of aliphatic hydroxyl groups excluding tert-OH is 1. The summed E-state index contributed by atoms with van der Waals surface area (Å²) in [5.74, 6) is 0. The van der Waals surface area contributed by atoms with Crippen molar-refractivity contribution in [3.63, 3.8) is 0 Å². The second kappa shape index (κ2) is 4.11. The quantitative estimate of drug-likeness (QED) is 0.756. The Morgan fingerprint density at radius 1 is 1.50 bits per heavy atom. The van der Waals surface area contributed by atoms with Crippen LogP contribution < -0.4 is 5.73 Å². The molecule has 0 saturated heterocycles. The molecule has 80 valence electrons. The third-order valence-corrected chi connectivity index (χ3v) is 2.53. The molecule has 1 heterocycles. The van der Waals surface area contributed by atoms with Crippen molar-refractivity contribution < 1.29 is 5.11 Å². The predicted molar refractivity (Wildman–Crippen MR) is 56.0 cm³/mol. The van der Waals surface area contributed by atoms with Gasteiger partial charge in [0.05, 0.1) is 11.8 Å². The minimum atomic E-state index is -0.615. The minimum Gasteiger partial charge on any atom is -0.387 e. The number of rotatable bonds is 3. The van der Waals surface area contributed by atoms with Crippen LogP contribution in [0.5, 0.6) is 0 Å². The molecule has 2 atom stereocenters. The van der Waals surface area contributed by atoms with E-state index < -0.39 is 6.10 Å². The molecule has 1 aromatic rings. The first-order valence-corrected chi connectivity index (χ1v) is 4.96. The van der Waals surface area contributed by atoms with E-state index in [1.807, 2.05) is 25.5 Å². The Labute approximate surface area is 84.7 Å². The van der Waals surface area contributed by atoms with E-state index in [9.17, 15) is 5.11 Å². The maximum absolute atomic E-state index is 9.89. The van der Waals surface area contributed by atoms with Crippen LogP contribution in [0.25, 0.3) is 0 Å². The zero-order chi connectivity index (χ0) is 10.9. The molecule has 0 saturated carbocycles. The number of aromatic nitrogens is 2. The fourth-order valence-corrected chi connectivity index (χ4v) is 1.71. The molecule has 0 aliphatic carbocycles. The third-order valence-electron chi connectivity index (χ3n) is 2.53. The highest BCUT2D eigenvalue weighted by molar-refractivity contribution is 5.27. The van der Waals surface area contributed by atoms with Crippen LogP contribution in [0.15, 0.2) is 0 Å². The van der Waals surface area contributed by atoms with Crippen LogP contribution in [0.4, 0.5) is 0 Å². The normalized spacial score (nSPS) is 15.6. The first-order valence-electron chi connectivity index (χ1n) is 4.96. The van der Waals surface area contributed by atoms with E-state index in [0.717, 1.165) is 23.5 Å². The van der Waals surface area contributed by atoms with Gasteiger partial charge in [-0.25, -0.2) is 0 Å². The first-order chi connectivity index (χ1) is 6.49. The molecule has 4 nitrogen and oxygen atoms in total. The molecule has 0 fully saturated rings. The summed E-state index contributed by atoms with van der Waals surface area (Å²) in [6.07, 6.45) is -0.615. The number of nitrogens with zero attached hydrogens (tertiary/aromatic N) is 2. The summed E-state index contributed by atoms with van der Waals surface area (Å²) >= 11 is 0. The fourth-order valence-electron chi connectivity index (χ4n) is 1.71. The summed E-state index contributed by atoms with van der Waals surface area (Å²) in [4.78, 5) is 0. The second-order valence-electron chi connectivity index (χ2n) is 3.70. The van der Waals surface area contributed by atoms with Gasteiger partial charge in [0.15, 0.2) is 0 Å². The number of hydrogen-bond donors (Lipinski definition) is 2. The molecular formula is C10H19N3O. The van der Waals surface area contributed by atoms with Crippen LogP contribution in [-0.2, 0) is 6.54 Å². The Balaban J connectivity index is 3.13. The summed E-state index contributed by atoms with van der Waals surface area (Å²) in [6.45, 7) is 8.51. The lowest BCUT2D eigenvalue weighted by atomic mass is 10.0. The number of hydrogen-bond acceptors (Lipinski definition) is 3. The standard InChI is InChI=1S/C10H19N3O/c1-5-13-8(4)9(7(3)12-13)10(14)6(2)11/h6,10,14H,5,11H2,1-4H3. The van der Waals surface area contributed by atoms with E-state index in [0.29, 0.717) is 0 Å². The average Bonchev–Trinajstić information content (AvgIpc) is 2.40. The molecule has 14 heavy (non-hydrogen) atoms. The molecule has 0 aliphatic heterocycles. The molecule has 0 aliphatic rings. The van der Waals surface area contributed by atoms with E-state index in [1.54, 1.807) is 6.92 Å². The minimum absolute atomic E-state index is 0.262. The molecule has 2 unspecified atom stereocenters. The smallest absolute Gasteiger partial charge is 0.0973 e. The van der Waals surface area contributed by atoms with Crippen LogP contribution >= 0.6 is 0 Å². The molecular weight excluding hydrogens is 178 g/mol. The summed E-state index contributed by atoms with van der Waals surface area (Å²) in [6, 6.07) is -0.262. The van der Waals surface area contributed by atoms with Crippen molar-refractivity contribution >= 4 is 0 Å². The first kappa shape index (κ1) is 11.2. The molecule has 1 aromatic heterocycles. The van der Waals surface area contributed by atoms with Gasteiger partial charge in [-0.3, -0.25) is 4.68 Å². The van der Waals surface area contributed by atoms with Crippen molar-refractivity contribution in [1.82, 2.24) is 9.78 Å². The zero-order valence-corrected chi connectivity index (χ0v) is 9.28. The molecule has 4 heteroatoms. The van der Waals surface area contributed by atoms with Gasteiger partial charge in [-0.2, -0.15) is 5.10 Å². The summed E-state index contributed by atoms with van der Waals surface area (Å²) in [5.41, 5.74) is 8.42. The monoisotopic (exact) mass is 197 g/mol. The zero-order valence-electron chi connectivity index (χ0n) is 9.28. The maximum Gasteiger partial charge on any atom is 0.0973 e. The lowest BCUT2D eigenvalue weighted by molar-refractivity contribution is 0.152. The highest BCUT2D eigenvalue weighted by atomic mass is 16.3. The summed E-state index contributed by atoms with van der Waals surface area (Å²) in [5, 5.41) is 14.2. The Morgan fingerprint density at radius 2 is 2.07 bits per heavy atom. The van der Waals surface area contributed by atoms with Crippen LogP contribution in [0.2, 0.25) is 0 Å². The van der Waals surface area contributed by atoms with Gasteiger partial charge in [-0.05, 0) is 27.7 Å². The van der Waals surface area contributed by atoms with Crippen molar-refractivity contribution in [2.45, 2.75) is 46.4 Å². The lowest BCUT2D eigenvalue weighted by Gasteiger charge is -2.15. The van der Waals surface area contributed by atoms with Crippen molar-refractivity contribution in [2.75, 3.05) is 0 Å². The topological polar surface area (TPSA) is 64.1 Å². The summed E-state index contributed by atoms with van der Waals surface area (Å²) < 4.78 is 1.89. The van der Waals surface area contributed by atoms with E-state index in [-0.39, 0.29) is 6.04 Å². The van der Waals surface area contributed by atoms with Crippen molar-refractivity contribution in [2.24, 2.45) is 5.73 Å². The van der Waals surface area contributed by atoms with Crippen LogP contribution in [0, 0.1) is 13.8 Å². The van der Waals surface area contributed by atoms with Crippen LogP contribution in [0.3, 0.4) is 0 Å². The highest BCUT2D eigenvalue weighted by Crippen LogP contribution is 2.23. The van der Waals surface area contributed by atoms with Crippen molar-refractivity contribution in [3.05, 3.63) is 17.0 Å². The van der Waals surface area contributed by atoms with Gasteiger partial charge in [-0.15, -0.1) is 0 Å². The van der Waals surface area contributed by atoms with E-state index in [1.165, 1.54) is 0 Å². The number of nitrogens with two attached hydrogens (primary N) is 1. The van der Waals surface area contributed by atoms with Crippen LogP contribution in [-0.4, -0.2) is 20.9 Å². The van der Waals surface area contributed by atoms with E-state index >= 15 is 0 Å². The van der Waals surface area contributed by atoms with E-state index in [4.69, 9.17) is 5.73 Å². The molecule has 3 N–H and O–H groups in total. The van der Waals surface area contributed by atoms with E-state index in [2.05, 4.69) is 5.10 Å². The van der Waals surface area contributed by atoms with Gasteiger partial charge in [0.25, 0.3) is 0 Å². The maximum atomic E-state index is 9.89. The Morgan fingerprint density at radius 3 is 2.43 bits per heavy atom. The largest absolute Gasteiger partial charge is 0.387 e. The Kier molecular flexibility index (Phi) is 3.29. The third kappa shape index (κ3) is 1.81. The number of aryl methyl sites for hydroxylation is 2. The van der Waals surface area contributed by atoms with Crippen molar-refractivity contribution in [3.8, 4) is 0 Å². The predicted octanol–water partition coefficient (Wildman–Crippen LogP) is 0.900. The van der Waals surface area contributed by atoms with Gasteiger partial charge in [0.2, 0.25) is 0 Å². The Bertz CT molecular complexity index is 317. The lowest BCUT2D eigenvalue weighted by Crippen LogP contribution is -2.25.